The Bertz CT molecular complexity index is 332. The molecule has 3 nitrogen and oxygen atoms in total. The second kappa shape index (κ2) is 6.20. The summed E-state index contributed by atoms with van der Waals surface area (Å²) in [6, 6.07) is 0. The van der Waals surface area contributed by atoms with E-state index < -0.39 is 0 Å². The second-order valence-corrected chi connectivity index (χ2v) is 5.50. The van der Waals surface area contributed by atoms with Crippen molar-refractivity contribution in [2.75, 3.05) is 13.1 Å². The van der Waals surface area contributed by atoms with Gasteiger partial charge in [0.15, 0.2) is 0 Å². The highest BCUT2D eigenvalue weighted by Gasteiger charge is 2.20. The van der Waals surface area contributed by atoms with Gasteiger partial charge in [-0.3, -0.25) is 4.68 Å². The zero-order chi connectivity index (χ0) is 12.1. The molecule has 17 heavy (non-hydrogen) atoms. The van der Waals surface area contributed by atoms with Crippen molar-refractivity contribution < 1.29 is 0 Å². The van der Waals surface area contributed by atoms with Gasteiger partial charge in [0.05, 0.1) is 6.20 Å². The van der Waals surface area contributed by atoms with Gasteiger partial charge in [0.2, 0.25) is 0 Å². The van der Waals surface area contributed by atoms with Gasteiger partial charge in [-0.05, 0) is 43.3 Å². The minimum atomic E-state index is 0.901. The van der Waals surface area contributed by atoms with E-state index >= 15 is 0 Å². The standard InChI is InChI=1S/C14H25N3/c1-12-5-3-4-6-14(12)10-15-8-7-13-9-16-17(2)11-13/h9,11-12,14-15H,3-8,10H2,1-2H3. The number of nitrogens with zero attached hydrogens (tertiary/aromatic N) is 2. The van der Waals surface area contributed by atoms with Crippen LogP contribution in [0.5, 0.6) is 0 Å². The van der Waals surface area contributed by atoms with Crippen LogP contribution in [0.1, 0.15) is 38.2 Å². The zero-order valence-electron chi connectivity index (χ0n) is 11.2. The fraction of sp³-hybridized carbons (Fsp3) is 0.786. The fourth-order valence-electron chi connectivity index (χ4n) is 2.82. The third kappa shape index (κ3) is 3.84. The van der Waals surface area contributed by atoms with Gasteiger partial charge in [0, 0.05) is 13.2 Å². The Kier molecular flexibility index (Phi) is 4.60. The molecule has 1 N–H and O–H groups in total. The van der Waals surface area contributed by atoms with Crippen LogP contribution in [0.4, 0.5) is 0 Å². The smallest absolute Gasteiger partial charge is 0.0522 e. The Morgan fingerprint density at radius 2 is 2.24 bits per heavy atom. The molecule has 1 saturated carbocycles. The van der Waals surface area contributed by atoms with Crippen molar-refractivity contribution in [1.82, 2.24) is 15.1 Å². The molecule has 0 amide bonds. The first-order valence-corrected chi connectivity index (χ1v) is 6.94. The molecule has 0 radical (unpaired) electrons. The number of nitrogens with one attached hydrogen (secondary N) is 1. The lowest BCUT2D eigenvalue weighted by Crippen LogP contribution is -2.30. The molecule has 0 bridgehead atoms. The lowest BCUT2D eigenvalue weighted by Gasteiger charge is -2.28. The van der Waals surface area contributed by atoms with E-state index in [4.69, 9.17) is 0 Å². The predicted octanol–water partition coefficient (Wildman–Crippen LogP) is 2.38. The summed E-state index contributed by atoms with van der Waals surface area (Å²) in [5, 5.41) is 7.79. The van der Waals surface area contributed by atoms with Gasteiger partial charge >= 0.3 is 0 Å². The molecule has 2 atom stereocenters. The highest BCUT2D eigenvalue weighted by Crippen LogP contribution is 2.28. The molecule has 0 aromatic carbocycles. The topological polar surface area (TPSA) is 29.9 Å². The quantitative estimate of drug-likeness (QED) is 0.794. The molecule has 1 aromatic rings. The molecule has 1 aliphatic carbocycles. The first-order chi connectivity index (χ1) is 8.25. The van der Waals surface area contributed by atoms with Crippen LogP contribution in [0.25, 0.3) is 0 Å². The van der Waals surface area contributed by atoms with Crippen LogP contribution in [0.3, 0.4) is 0 Å². The van der Waals surface area contributed by atoms with Crippen molar-refractivity contribution in [2.24, 2.45) is 18.9 Å². The maximum absolute atomic E-state index is 4.19. The highest BCUT2D eigenvalue weighted by molar-refractivity contribution is 5.03. The maximum atomic E-state index is 4.19. The van der Waals surface area contributed by atoms with Crippen molar-refractivity contribution in [3.8, 4) is 0 Å². The third-order valence-electron chi connectivity index (χ3n) is 4.04. The molecule has 1 aromatic heterocycles. The molecule has 0 aliphatic heterocycles. The van der Waals surface area contributed by atoms with E-state index in [-0.39, 0.29) is 0 Å². The van der Waals surface area contributed by atoms with Crippen LogP contribution in [0.2, 0.25) is 0 Å². The van der Waals surface area contributed by atoms with Gasteiger partial charge < -0.3 is 5.32 Å². The molecule has 2 unspecified atom stereocenters. The molecular weight excluding hydrogens is 210 g/mol. The van der Waals surface area contributed by atoms with Gasteiger partial charge in [0.1, 0.15) is 0 Å². The lowest BCUT2D eigenvalue weighted by molar-refractivity contribution is 0.248. The number of rotatable bonds is 5. The number of aromatic nitrogens is 2. The summed E-state index contributed by atoms with van der Waals surface area (Å²) in [7, 11) is 1.97. The first kappa shape index (κ1) is 12.6. The normalized spacial score (nSPS) is 25.1. The van der Waals surface area contributed by atoms with Crippen molar-refractivity contribution in [1.29, 1.82) is 0 Å². The molecule has 2 rings (SSSR count). The summed E-state index contributed by atoms with van der Waals surface area (Å²) in [5.74, 6) is 1.81. The summed E-state index contributed by atoms with van der Waals surface area (Å²) < 4.78 is 1.87. The first-order valence-electron chi connectivity index (χ1n) is 6.94. The number of aryl methyl sites for hydroxylation is 1. The summed E-state index contributed by atoms with van der Waals surface area (Å²) in [6.07, 6.45) is 10.9. The van der Waals surface area contributed by atoms with Crippen molar-refractivity contribution >= 4 is 0 Å². The van der Waals surface area contributed by atoms with E-state index in [9.17, 15) is 0 Å². The molecule has 0 saturated heterocycles. The number of hydrogen-bond acceptors (Lipinski definition) is 2. The van der Waals surface area contributed by atoms with Crippen molar-refractivity contribution in [2.45, 2.75) is 39.0 Å². The van der Waals surface area contributed by atoms with E-state index in [1.165, 1.54) is 37.8 Å². The molecular formula is C14H25N3. The van der Waals surface area contributed by atoms with Gasteiger partial charge in [-0.1, -0.05) is 26.2 Å². The van der Waals surface area contributed by atoms with E-state index in [2.05, 4.69) is 23.5 Å². The van der Waals surface area contributed by atoms with E-state index in [1.54, 1.807) is 0 Å². The SMILES string of the molecule is CC1CCCCC1CNCCc1cnn(C)c1. The molecule has 96 valence electrons. The average molecular weight is 235 g/mol. The van der Waals surface area contributed by atoms with Crippen LogP contribution in [-0.4, -0.2) is 22.9 Å². The van der Waals surface area contributed by atoms with Crippen LogP contribution >= 0.6 is 0 Å². The fourth-order valence-corrected chi connectivity index (χ4v) is 2.82. The maximum Gasteiger partial charge on any atom is 0.0522 e. The van der Waals surface area contributed by atoms with E-state index in [0.717, 1.165) is 24.8 Å². The average Bonchev–Trinajstić information content (AvgIpc) is 2.73. The highest BCUT2D eigenvalue weighted by atomic mass is 15.2. The van der Waals surface area contributed by atoms with Crippen LogP contribution in [0, 0.1) is 11.8 Å². The minimum Gasteiger partial charge on any atom is -0.316 e. The summed E-state index contributed by atoms with van der Waals surface area (Å²) in [6.45, 7) is 4.68. The number of hydrogen-bond donors (Lipinski definition) is 1. The lowest BCUT2D eigenvalue weighted by atomic mass is 9.80. The molecule has 3 heteroatoms. The predicted molar refractivity (Wildman–Crippen MR) is 70.9 cm³/mol. The monoisotopic (exact) mass is 235 g/mol. The van der Waals surface area contributed by atoms with Crippen molar-refractivity contribution in [3.05, 3.63) is 18.0 Å². The molecule has 1 aliphatic rings. The largest absolute Gasteiger partial charge is 0.316 e. The van der Waals surface area contributed by atoms with E-state index in [0.29, 0.717) is 0 Å². The summed E-state index contributed by atoms with van der Waals surface area (Å²) >= 11 is 0. The van der Waals surface area contributed by atoms with Crippen LogP contribution in [-0.2, 0) is 13.5 Å². The van der Waals surface area contributed by atoms with Crippen LogP contribution in [0.15, 0.2) is 12.4 Å². The Morgan fingerprint density at radius 3 is 2.94 bits per heavy atom. The Morgan fingerprint density at radius 1 is 1.41 bits per heavy atom. The summed E-state index contributed by atoms with van der Waals surface area (Å²) in [5.41, 5.74) is 1.33. The minimum absolute atomic E-state index is 0.901. The Balaban J connectivity index is 1.62. The van der Waals surface area contributed by atoms with E-state index in [1.807, 2.05) is 17.9 Å². The Labute approximate surface area is 105 Å². The Hall–Kier alpha value is -0.830. The molecule has 0 spiro atoms. The van der Waals surface area contributed by atoms with Gasteiger partial charge in [-0.25, -0.2) is 0 Å². The van der Waals surface area contributed by atoms with Gasteiger partial charge in [-0.15, -0.1) is 0 Å². The summed E-state index contributed by atoms with van der Waals surface area (Å²) in [4.78, 5) is 0. The second-order valence-electron chi connectivity index (χ2n) is 5.50. The molecule has 1 heterocycles. The third-order valence-corrected chi connectivity index (χ3v) is 4.04. The van der Waals surface area contributed by atoms with Gasteiger partial charge in [0.25, 0.3) is 0 Å². The zero-order valence-corrected chi connectivity index (χ0v) is 11.2. The van der Waals surface area contributed by atoms with Crippen molar-refractivity contribution in [3.63, 3.8) is 0 Å². The van der Waals surface area contributed by atoms with Gasteiger partial charge in [-0.2, -0.15) is 5.10 Å². The van der Waals surface area contributed by atoms with Crippen LogP contribution < -0.4 is 5.32 Å². The molecule has 1 fully saturated rings.